The Labute approximate surface area is 144 Å². The number of ether oxygens (including phenoxy) is 4. The summed E-state index contributed by atoms with van der Waals surface area (Å²) in [6, 6.07) is 6.22. The number of benzene rings is 2. The van der Waals surface area contributed by atoms with Crippen molar-refractivity contribution in [1.82, 2.24) is 0 Å². The molecule has 2 aromatic carbocycles. The molecule has 0 saturated heterocycles. The van der Waals surface area contributed by atoms with Crippen LogP contribution < -0.4 is 18.9 Å². The molecule has 132 valence electrons. The number of carbonyl (C=O) groups is 1. The average molecular weight is 346 g/mol. The molecular weight excluding hydrogens is 328 g/mol. The number of rotatable bonds is 4. The molecule has 3 rings (SSSR count). The molecule has 0 saturated carbocycles. The summed E-state index contributed by atoms with van der Waals surface area (Å²) >= 11 is 0. The van der Waals surface area contributed by atoms with E-state index >= 15 is 0 Å². The minimum absolute atomic E-state index is 0.00190. The van der Waals surface area contributed by atoms with Gasteiger partial charge in [-0.05, 0) is 17.7 Å². The van der Waals surface area contributed by atoms with Crippen molar-refractivity contribution in [3.8, 4) is 34.5 Å². The smallest absolute Gasteiger partial charge is 0.201 e. The molecule has 2 N–H and O–H groups in total. The molecule has 7 heteroatoms. The van der Waals surface area contributed by atoms with Crippen molar-refractivity contribution >= 4 is 5.78 Å². The standard InChI is InChI=1S/C18H18O7/c1-22-13-6-9(4-5-10(13)19)12-7-11(20)16-14(25-12)8-15(23-2)17(21)18(16)24-3/h4-6,8,12,19,21H,7H2,1-3H3. The molecular formula is C18H18O7. The summed E-state index contributed by atoms with van der Waals surface area (Å²) in [7, 11) is 4.20. The first kappa shape index (κ1) is 16.8. The highest BCUT2D eigenvalue weighted by atomic mass is 16.5. The Hall–Kier alpha value is -3.09. The number of hydrogen-bond acceptors (Lipinski definition) is 7. The summed E-state index contributed by atoms with van der Waals surface area (Å²) in [6.45, 7) is 0. The summed E-state index contributed by atoms with van der Waals surface area (Å²) in [6.07, 6.45) is -0.503. The Morgan fingerprint density at radius 3 is 2.40 bits per heavy atom. The molecule has 0 bridgehead atoms. The number of ketones is 1. The lowest BCUT2D eigenvalue weighted by Gasteiger charge is -2.27. The Morgan fingerprint density at radius 2 is 1.76 bits per heavy atom. The van der Waals surface area contributed by atoms with Crippen LogP contribution in [0.3, 0.4) is 0 Å². The van der Waals surface area contributed by atoms with E-state index in [9.17, 15) is 15.0 Å². The predicted molar refractivity (Wildman–Crippen MR) is 88.2 cm³/mol. The van der Waals surface area contributed by atoms with E-state index in [0.717, 1.165) is 0 Å². The van der Waals surface area contributed by atoms with E-state index in [4.69, 9.17) is 18.9 Å². The lowest BCUT2D eigenvalue weighted by Crippen LogP contribution is -2.21. The highest BCUT2D eigenvalue weighted by molar-refractivity contribution is 6.03. The Kier molecular flexibility index (Phi) is 4.31. The number of methoxy groups -OCH3 is 3. The van der Waals surface area contributed by atoms with Crippen LogP contribution in [0.1, 0.15) is 28.4 Å². The van der Waals surface area contributed by atoms with E-state index in [1.165, 1.54) is 33.5 Å². The molecule has 0 aromatic heterocycles. The summed E-state index contributed by atoms with van der Waals surface area (Å²) in [5, 5.41) is 19.9. The monoisotopic (exact) mass is 346 g/mol. The topological polar surface area (TPSA) is 94.5 Å². The van der Waals surface area contributed by atoms with Gasteiger partial charge in [-0.2, -0.15) is 0 Å². The number of carbonyl (C=O) groups excluding carboxylic acids is 1. The van der Waals surface area contributed by atoms with E-state index < -0.39 is 6.10 Å². The van der Waals surface area contributed by atoms with Gasteiger partial charge in [0, 0.05) is 6.07 Å². The number of aromatic hydroxyl groups is 2. The zero-order valence-electron chi connectivity index (χ0n) is 14.0. The summed E-state index contributed by atoms with van der Waals surface area (Å²) in [5.41, 5.74) is 0.863. The fourth-order valence-electron chi connectivity index (χ4n) is 2.86. The van der Waals surface area contributed by atoms with Gasteiger partial charge >= 0.3 is 0 Å². The van der Waals surface area contributed by atoms with Crippen molar-refractivity contribution in [3.05, 3.63) is 35.4 Å². The summed E-state index contributed by atoms with van der Waals surface area (Å²) in [4.78, 5) is 12.6. The van der Waals surface area contributed by atoms with Gasteiger partial charge in [-0.3, -0.25) is 4.79 Å². The number of Topliss-reactive ketones (excluding diaryl/α,β-unsaturated/α-hetero) is 1. The van der Waals surface area contributed by atoms with Crippen LogP contribution in [-0.2, 0) is 0 Å². The van der Waals surface area contributed by atoms with E-state index in [2.05, 4.69) is 0 Å². The molecule has 1 atom stereocenters. The van der Waals surface area contributed by atoms with Crippen LogP contribution in [0.4, 0.5) is 0 Å². The number of phenolic OH excluding ortho intramolecular Hbond substituents is 2. The molecule has 0 aliphatic carbocycles. The minimum atomic E-state index is -0.562. The molecule has 0 spiro atoms. The first-order chi connectivity index (χ1) is 12.0. The van der Waals surface area contributed by atoms with E-state index in [0.29, 0.717) is 11.3 Å². The maximum atomic E-state index is 12.6. The van der Waals surface area contributed by atoms with Gasteiger partial charge in [0.1, 0.15) is 17.4 Å². The van der Waals surface area contributed by atoms with Crippen LogP contribution in [0.2, 0.25) is 0 Å². The van der Waals surface area contributed by atoms with Crippen molar-refractivity contribution in [2.24, 2.45) is 0 Å². The molecule has 0 radical (unpaired) electrons. The second kappa shape index (κ2) is 6.43. The molecule has 25 heavy (non-hydrogen) atoms. The quantitative estimate of drug-likeness (QED) is 0.879. The Bertz CT molecular complexity index is 829. The van der Waals surface area contributed by atoms with Crippen LogP contribution >= 0.6 is 0 Å². The number of phenols is 2. The van der Waals surface area contributed by atoms with Gasteiger partial charge in [0.05, 0.1) is 27.8 Å². The molecule has 1 heterocycles. The van der Waals surface area contributed by atoms with Crippen LogP contribution in [0.15, 0.2) is 24.3 Å². The zero-order valence-corrected chi connectivity index (χ0v) is 14.0. The molecule has 1 aliphatic heterocycles. The Morgan fingerprint density at radius 1 is 1.04 bits per heavy atom. The van der Waals surface area contributed by atoms with Crippen molar-refractivity contribution in [1.29, 1.82) is 0 Å². The Balaban J connectivity index is 2.05. The highest BCUT2D eigenvalue weighted by Crippen LogP contribution is 2.49. The molecule has 1 aliphatic rings. The van der Waals surface area contributed by atoms with Crippen LogP contribution in [0.25, 0.3) is 0 Å². The van der Waals surface area contributed by atoms with E-state index in [-0.39, 0.29) is 46.5 Å². The fourth-order valence-corrected chi connectivity index (χ4v) is 2.86. The lowest BCUT2D eigenvalue weighted by atomic mass is 9.95. The maximum Gasteiger partial charge on any atom is 0.201 e. The molecule has 1 unspecified atom stereocenters. The van der Waals surface area contributed by atoms with Gasteiger partial charge in [-0.15, -0.1) is 0 Å². The predicted octanol–water partition coefficient (Wildman–Crippen LogP) is 2.83. The van der Waals surface area contributed by atoms with Crippen LogP contribution in [0, 0.1) is 0 Å². The van der Waals surface area contributed by atoms with Crippen LogP contribution in [0.5, 0.6) is 34.5 Å². The first-order valence-electron chi connectivity index (χ1n) is 7.54. The third kappa shape index (κ3) is 2.77. The van der Waals surface area contributed by atoms with Gasteiger partial charge < -0.3 is 29.2 Å². The molecule has 7 nitrogen and oxygen atoms in total. The summed E-state index contributed by atoms with van der Waals surface area (Å²) in [5.74, 6) is 0.258. The zero-order chi connectivity index (χ0) is 18.1. The van der Waals surface area contributed by atoms with E-state index in [1.54, 1.807) is 12.1 Å². The van der Waals surface area contributed by atoms with Crippen LogP contribution in [-0.4, -0.2) is 37.3 Å². The second-order valence-electron chi connectivity index (χ2n) is 5.50. The van der Waals surface area contributed by atoms with Gasteiger partial charge in [-0.25, -0.2) is 0 Å². The lowest BCUT2D eigenvalue weighted by molar-refractivity contribution is 0.0842. The SMILES string of the molecule is COc1cc(C2CC(=O)c3c(cc(OC)c(O)c3OC)O2)ccc1O. The van der Waals surface area contributed by atoms with E-state index in [1.807, 2.05) is 0 Å². The largest absolute Gasteiger partial charge is 0.504 e. The third-order valence-corrected chi connectivity index (χ3v) is 4.10. The fraction of sp³-hybridized carbons (Fsp3) is 0.278. The molecule has 0 amide bonds. The first-order valence-corrected chi connectivity index (χ1v) is 7.54. The maximum absolute atomic E-state index is 12.6. The highest BCUT2D eigenvalue weighted by Gasteiger charge is 2.34. The number of fused-ring (bicyclic) bond motifs is 1. The van der Waals surface area contributed by atoms with Gasteiger partial charge in [0.2, 0.25) is 5.75 Å². The normalized spacial score (nSPS) is 16.0. The van der Waals surface area contributed by atoms with Crippen molar-refractivity contribution in [3.63, 3.8) is 0 Å². The second-order valence-corrected chi connectivity index (χ2v) is 5.50. The average Bonchev–Trinajstić information content (AvgIpc) is 2.61. The van der Waals surface area contributed by atoms with Crippen molar-refractivity contribution < 1.29 is 34.0 Å². The summed E-state index contributed by atoms with van der Waals surface area (Å²) < 4.78 is 21.3. The third-order valence-electron chi connectivity index (χ3n) is 4.10. The van der Waals surface area contributed by atoms with Gasteiger partial charge in [0.15, 0.2) is 28.8 Å². The van der Waals surface area contributed by atoms with Gasteiger partial charge in [0.25, 0.3) is 0 Å². The molecule has 2 aromatic rings. The van der Waals surface area contributed by atoms with Crippen molar-refractivity contribution in [2.45, 2.75) is 12.5 Å². The molecule has 0 fully saturated rings. The van der Waals surface area contributed by atoms with Crippen molar-refractivity contribution in [2.75, 3.05) is 21.3 Å². The minimum Gasteiger partial charge on any atom is -0.504 e. The number of hydrogen-bond donors (Lipinski definition) is 2. The van der Waals surface area contributed by atoms with Gasteiger partial charge in [-0.1, -0.05) is 6.07 Å².